The maximum Gasteiger partial charge on any atom is 0.154 e. The molecule has 15 heavy (non-hydrogen) atoms. The Morgan fingerprint density at radius 2 is 2.33 bits per heavy atom. The third-order valence-corrected chi connectivity index (χ3v) is 2.05. The summed E-state index contributed by atoms with van der Waals surface area (Å²) in [5, 5.41) is 7.65. The third-order valence-electron chi connectivity index (χ3n) is 1.84. The van der Waals surface area contributed by atoms with Gasteiger partial charge in [0.05, 0.1) is 10.7 Å². The summed E-state index contributed by atoms with van der Waals surface area (Å²) in [6.45, 7) is 0. The molecule has 0 aliphatic carbocycles. The summed E-state index contributed by atoms with van der Waals surface area (Å²) in [6.07, 6.45) is 3.36. The number of hydrogen-bond donors (Lipinski definition) is 2. The van der Waals surface area contributed by atoms with Gasteiger partial charge >= 0.3 is 0 Å². The van der Waals surface area contributed by atoms with Gasteiger partial charge in [0.25, 0.3) is 0 Å². The van der Waals surface area contributed by atoms with E-state index in [-0.39, 0.29) is 0 Å². The van der Waals surface area contributed by atoms with Crippen LogP contribution in [0, 0.1) is 0 Å². The van der Waals surface area contributed by atoms with Gasteiger partial charge in [-0.15, -0.1) is 0 Å². The second-order valence-corrected chi connectivity index (χ2v) is 3.53. The zero-order valence-corrected chi connectivity index (χ0v) is 8.86. The first-order valence-corrected chi connectivity index (χ1v) is 4.70. The summed E-state index contributed by atoms with van der Waals surface area (Å²) in [6, 6.07) is 3.47. The van der Waals surface area contributed by atoms with Crippen molar-refractivity contribution < 1.29 is 0 Å². The Morgan fingerprint density at radius 1 is 1.53 bits per heavy atom. The number of aromatic nitrogens is 3. The van der Waals surface area contributed by atoms with E-state index in [2.05, 4.69) is 15.4 Å². The largest absolute Gasteiger partial charge is 0.396 e. The number of nitrogen functional groups attached to an aromatic ring is 1. The molecular weight excluding hydrogens is 214 g/mol. The van der Waals surface area contributed by atoms with Gasteiger partial charge in [0, 0.05) is 25.5 Å². The minimum absolute atomic E-state index is 0.494. The number of hydrogen-bond acceptors (Lipinski definition) is 4. The van der Waals surface area contributed by atoms with Crippen LogP contribution in [0.2, 0.25) is 5.02 Å². The highest BCUT2D eigenvalue weighted by Gasteiger charge is 2.03. The summed E-state index contributed by atoms with van der Waals surface area (Å²) in [4.78, 5) is 4.07. The van der Waals surface area contributed by atoms with Gasteiger partial charge in [0.15, 0.2) is 11.6 Å². The number of nitrogens with zero attached hydrogens (tertiary/aromatic N) is 3. The lowest BCUT2D eigenvalue weighted by Crippen LogP contribution is -2.00. The average Bonchev–Trinajstić information content (AvgIpc) is 2.56. The van der Waals surface area contributed by atoms with E-state index >= 15 is 0 Å². The lowest BCUT2D eigenvalue weighted by Gasteiger charge is -2.05. The Balaban J connectivity index is 2.24. The van der Waals surface area contributed by atoms with Gasteiger partial charge in [-0.2, -0.15) is 5.10 Å². The number of halogens is 1. The monoisotopic (exact) mass is 223 g/mol. The quantitative estimate of drug-likeness (QED) is 0.815. The molecule has 0 fully saturated rings. The highest BCUT2D eigenvalue weighted by Crippen LogP contribution is 2.22. The molecule has 0 unspecified atom stereocenters. The highest BCUT2D eigenvalue weighted by atomic mass is 35.5. The highest BCUT2D eigenvalue weighted by molar-refractivity contribution is 6.30. The van der Waals surface area contributed by atoms with E-state index in [1.165, 1.54) is 6.20 Å². The van der Waals surface area contributed by atoms with Gasteiger partial charge < -0.3 is 11.1 Å². The standard InChI is InChI=1S/C9H10ClN5/c1-15-3-2-8(14-15)13-9-7(11)4-6(10)5-12-9/h2-5H,11H2,1H3,(H,12,13,14). The smallest absolute Gasteiger partial charge is 0.154 e. The molecule has 0 spiro atoms. The van der Waals surface area contributed by atoms with Crippen molar-refractivity contribution >= 4 is 28.9 Å². The van der Waals surface area contributed by atoms with Gasteiger partial charge in [0.2, 0.25) is 0 Å². The SMILES string of the molecule is Cn1ccc(Nc2ncc(Cl)cc2N)n1. The molecule has 0 aliphatic heterocycles. The van der Waals surface area contributed by atoms with Crippen LogP contribution in [0.4, 0.5) is 17.3 Å². The van der Waals surface area contributed by atoms with Crippen LogP contribution in [-0.2, 0) is 7.05 Å². The Bertz CT molecular complexity index is 479. The Hall–Kier alpha value is -1.75. The van der Waals surface area contributed by atoms with Crippen molar-refractivity contribution in [1.82, 2.24) is 14.8 Å². The number of anilines is 3. The lowest BCUT2D eigenvalue weighted by atomic mass is 10.4. The van der Waals surface area contributed by atoms with E-state index in [0.29, 0.717) is 22.3 Å². The van der Waals surface area contributed by atoms with E-state index in [1.807, 2.05) is 19.3 Å². The molecule has 2 aromatic heterocycles. The van der Waals surface area contributed by atoms with E-state index in [9.17, 15) is 0 Å². The molecule has 0 aromatic carbocycles. The molecule has 0 amide bonds. The van der Waals surface area contributed by atoms with Gasteiger partial charge in [-0.1, -0.05) is 11.6 Å². The molecule has 0 saturated carbocycles. The fraction of sp³-hybridized carbons (Fsp3) is 0.111. The summed E-state index contributed by atoms with van der Waals surface area (Å²) >= 11 is 5.73. The van der Waals surface area contributed by atoms with Crippen LogP contribution in [0.1, 0.15) is 0 Å². The van der Waals surface area contributed by atoms with Crippen LogP contribution in [0.5, 0.6) is 0 Å². The van der Waals surface area contributed by atoms with Crippen LogP contribution in [0.25, 0.3) is 0 Å². The van der Waals surface area contributed by atoms with Crippen molar-refractivity contribution in [3.63, 3.8) is 0 Å². The van der Waals surface area contributed by atoms with Crippen LogP contribution >= 0.6 is 11.6 Å². The minimum Gasteiger partial charge on any atom is -0.396 e. The molecule has 2 rings (SSSR count). The third kappa shape index (κ3) is 2.19. The summed E-state index contributed by atoms with van der Waals surface area (Å²) in [5.41, 5.74) is 6.23. The Morgan fingerprint density at radius 3 is 2.93 bits per heavy atom. The fourth-order valence-corrected chi connectivity index (χ4v) is 1.33. The molecule has 2 heterocycles. The molecule has 6 heteroatoms. The summed E-state index contributed by atoms with van der Waals surface area (Å²) in [7, 11) is 1.84. The minimum atomic E-state index is 0.494. The molecule has 2 aromatic rings. The van der Waals surface area contributed by atoms with Crippen molar-refractivity contribution in [2.24, 2.45) is 7.05 Å². The molecular formula is C9H10ClN5. The van der Waals surface area contributed by atoms with Gasteiger partial charge in [-0.05, 0) is 6.07 Å². The predicted octanol–water partition coefficient (Wildman–Crippen LogP) is 1.79. The van der Waals surface area contributed by atoms with Crippen LogP contribution in [-0.4, -0.2) is 14.8 Å². The Kier molecular flexibility index (Phi) is 2.47. The van der Waals surface area contributed by atoms with Gasteiger partial charge in [-0.25, -0.2) is 4.98 Å². The topological polar surface area (TPSA) is 68.8 Å². The van der Waals surface area contributed by atoms with Crippen molar-refractivity contribution in [3.05, 3.63) is 29.5 Å². The molecule has 0 atom stereocenters. The second kappa shape index (κ2) is 3.78. The first-order chi connectivity index (χ1) is 7.15. The van der Waals surface area contributed by atoms with E-state index in [4.69, 9.17) is 17.3 Å². The molecule has 0 radical (unpaired) electrons. The van der Waals surface area contributed by atoms with Gasteiger partial charge in [0.1, 0.15) is 0 Å². The number of aryl methyl sites for hydroxylation is 1. The van der Waals surface area contributed by atoms with Crippen LogP contribution in [0.15, 0.2) is 24.5 Å². The summed E-state index contributed by atoms with van der Waals surface area (Å²) < 4.78 is 1.69. The maximum absolute atomic E-state index is 5.73. The first-order valence-electron chi connectivity index (χ1n) is 4.33. The second-order valence-electron chi connectivity index (χ2n) is 3.09. The molecule has 78 valence electrons. The van der Waals surface area contributed by atoms with E-state index < -0.39 is 0 Å². The predicted molar refractivity (Wildman–Crippen MR) is 60.2 cm³/mol. The van der Waals surface area contributed by atoms with Crippen LogP contribution < -0.4 is 11.1 Å². The Labute approximate surface area is 91.9 Å². The fourth-order valence-electron chi connectivity index (χ4n) is 1.16. The molecule has 5 nitrogen and oxygen atoms in total. The number of rotatable bonds is 2. The van der Waals surface area contributed by atoms with E-state index in [0.717, 1.165) is 0 Å². The van der Waals surface area contributed by atoms with E-state index in [1.54, 1.807) is 10.7 Å². The molecule has 0 saturated heterocycles. The van der Waals surface area contributed by atoms with Crippen LogP contribution in [0.3, 0.4) is 0 Å². The van der Waals surface area contributed by atoms with Crippen molar-refractivity contribution in [2.75, 3.05) is 11.1 Å². The molecule has 0 aliphatic rings. The van der Waals surface area contributed by atoms with Crippen molar-refractivity contribution in [3.8, 4) is 0 Å². The number of pyridine rings is 1. The maximum atomic E-state index is 5.73. The zero-order valence-electron chi connectivity index (χ0n) is 8.11. The lowest BCUT2D eigenvalue weighted by molar-refractivity contribution is 0.771. The number of nitrogens with one attached hydrogen (secondary N) is 1. The molecule has 0 bridgehead atoms. The molecule has 3 N–H and O–H groups in total. The number of nitrogens with two attached hydrogens (primary N) is 1. The van der Waals surface area contributed by atoms with Crippen molar-refractivity contribution in [1.29, 1.82) is 0 Å². The van der Waals surface area contributed by atoms with Gasteiger partial charge in [-0.3, -0.25) is 4.68 Å². The first kappa shape index (κ1) is 9.79. The zero-order chi connectivity index (χ0) is 10.8. The normalized spacial score (nSPS) is 10.3. The average molecular weight is 224 g/mol. The van der Waals surface area contributed by atoms with Crippen molar-refractivity contribution in [2.45, 2.75) is 0 Å². The summed E-state index contributed by atoms with van der Waals surface area (Å²) in [5.74, 6) is 1.25.